The van der Waals surface area contributed by atoms with Crippen LogP contribution in [0.3, 0.4) is 0 Å². The summed E-state index contributed by atoms with van der Waals surface area (Å²) in [5.41, 5.74) is 4.94. The number of allylic oxidation sites excluding steroid dienone is 4. The summed E-state index contributed by atoms with van der Waals surface area (Å²) in [6.07, 6.45) is 6.04. The van der Waals surface area contributed by atoms with Crippen LogP contribution in [0.2, 0.25) is 5.02 Å². The average molecular weight is 494 g/mol. The molecule has 3 N–H and O–H groups in total. The maximum Gasteiger partial charge on any atom is 0.257 e. The van der Waals surface area contributed by atoms with Gasteiger partial charge >= 0.3 is 0 Å². The van der Waals surface area contributed by atoms with Crippen molar-refractivity contribution in [3.05, 3.63) is 93.7 Å². The minimum atomic E-state index is -0.276. The largest absolute Gasteiger partial charge is 0.387 e. The molecule has 0 aliphatic heterocycles. The summed E-state index contributed by atoms with van der Waals surface area (Å²) in [5.74, 6) is 0.121. The number of halogens is 1. The van der Waals surface area contributed by atoms with E-state index in [9.17, 15) is 9.59 Å². The van der Waals surface area contributed by atoms with Gasteiger partial charge in [0.1, 0.15) is 0 Å². The molecule has 0 atom stereocenters. The molecule has 0 heterocycles. The Morgan fingerprint density at radius 3 is 2.29 bits per heavy atom. The molecule has 0 fully saturated rings. The van der Waals surface area contributed by atoms with Crippen LogP contribution in [0.4, 0.5) is 11.4 Å². The summed E-state index contributed by atoms with van der Waals surface area (Å²) in [6.45, 7) is 12.2. The molecule has 35 heavy (non-hydrogen) atoms. The third-order valence-corrected chi connectivity index (χ3v) is 5.69. The highest BCUT2D eigenvalue weighted by Gasteiger charge is 2.19. The van der Waals surface area contributed by atoms with Crippen molar-refractivity contribution in [1.82, 2.24) is 5.32 Å². The SMILES string of the molecule is C\C=C(C(=O)Nc1cc(NC(=O)c2cccc(Cl)c2)ccc1C)/C(NC)=C(/C=C\C(C)C)C(C)C. The van der Waals surface area contributed by atoms with Gasteiger partial charge in [0, 0.05) is 34.7 Å². The number of likely N-dealkylation sites (N-methyl/N-ethyl adjacent to an activating group) is 1. The lowest BCUT2D eigenvalue weighted by Gasteiger charge is -2.19. The molecule has 2 rings (SSSR count). The molecule has 6 heteroatoms. The van der Waals surface area contributed by atoms with Gasteiger partial charge in [-0.15, -0.1) is 0 Å². The predicted molar refractivity (Wildman–Crippen MR) is 148 cm³/mol. The quantitative estimate of drug-likeness (QED) is 0.257. The van der Waals surface area contributed by atoms with Crippen LogP contribution in [0.1, 0.15) is 50.5 Å². The molecular formula is C29H36ClN3O2. The van der Waals surface area contributed by atoms with Crippen molar-refractivity contribution in [1.29, 1.82) is 0 Å². The lowest BCUT2D eigenvalue weighted by Crippen LogP contribution is -2.23. The average Bonchev–Trinajstić information content (AvgIpc) is 2.80. The highest BCUT2D eigenvalue weighted by Crippen LogP contribution is 2.25. The van der Waals surface area contributed by atoms with E-state index in [1.54, 1.807) is 36.4 Å². The zero-order valence-electron chi connectivity index (χ0n) is 21.6. The van der Waals surface area contributed by atoms with Gasteiger partial charge in [0.15, 0.2) is 0 Å². The molecule has 0 aliphatic carbocycles. The van der Waals surface area contributed by atoms with Crippen LogP contribution < -0.4 is 16.0 Å². The number of carbonyl (C=O) groups is 2. The molecule has 0 unspecified atom stereocenters. The summed E-state index contributed by atoms with van der Waals surface area (Å²) in [6, 6.07) is 12.2. The minimum Gasteiger partial charge on any atom is -0.387 e. The summed E-state index contributed by atoms with van der Waals surface area (Å²) in [4.78, 5) is 26.0. The topological polar surface area (TPSA) is 70.2 Å². The fraction of sp³-hybridized carbons (Fsp3) is 0.310. The van der Waals surface area contributed by atoms with E-state index < -0.39 is 0 Å². The summed E-state index contributed by atoms with van der Waals surface area (Å²) in [7, 11) is 1.83. The van der Waals surface area contributed by atoms with E-state index in [0.29, 0.717) is 33.5 Å². The van der Waals surface area contributed by atoms with Gasteiger partial charge in [0.2, 0.25) is 0 Å². The number of rotatable bonds is 9. The third kappa shape index (κ3) is 7.86. The van der Waals surface area contributed by atoms with Crippen molar-refractivity contribution < 1.29 is 9.59 Å². The van der Waals surface area contributed by atoms with Gasteiger partial charge in [-0.1, -0.05) is 69.7 Å². The Bertz CT molecular complexity index is 1160. The lowest BCUT2D eigenvalue weighted by atomic mass is 9.95. The molecule has 0 aliphatic rings. The number of aryl methyl sites for hydroxylation is 1. The van der Waals surface area contributed by atoms with E-state index in [0.717, 1.165) is 16.8 Å². The number of benzene rings is 2. The van der Waals surface area contributed by atoms with Gasteiger partial charge in [-0.05, 0) is 67.2 Å². The van der Waals surface area contributed by atoms with Crippen molar-refractivity contribution >= 4 is 34.8 Å². The van der Waals surface area contributed by atoms with Crippen molar-refractivity contribution in [3.63, 3.8) is 0 Å². The van der Waals surface area contributed by atoms with Gasteiger partial charge < -0.3 is 16.0 Å². The third-order valence-electron chi connectivity index (χ3n) is 5.45. The summed E-state index contributed by atoms with van der Waals surface area (Å²) >= 11 is 6.01. The van der Waals surface area contributed by atoms with Crippen LogP contribution in [0.5, 0.6) is 0 Å². The van der Waals surface area contributed by atoms with Gasteiger partial charge in [-0.25, -0.2) is 0 Å². The highest BCUT2D eigenvalue weighted by atomic mass is 35.5. The first-order chi connectivity index (χ1) is 16.6. The monoisotopic (exact) mass is 493 g/mol. The molecule has 0 saturated carbocycles. The van der Waals surface area contributed by atoms with Gasteiger partial charge in [0.25, 0.3) is 11.8 Å². The summed E-state index contributed by atoms with van der Waals surface area (Å²) in [5, 5.41) is 9.61. The Morgan fingerprint density at radius 1 is 1.00 bits per heavy atom. The van der Waals surface area contributed by atoms with Crippen molar-refractivity contribution in [2.45, 2.75) is 41.5 Å². The molecule has 2 amide bonds. The Hall–Kier alpha value is -3.31. The number of amides is 2. The Morgan fingerprint density at radius 2 is 1.71 bits per heavy atom. The maximum absolute atomic E-state index is 13.4. The first-order valence-electron chi connectivity index (χ1n) is 11.8. The number of hydrogen-bond donors (Lipinski definition) is 3. The Balaban J connectivity index is 2.33. The van der Waals surface area contributed by atoms with Crippen LogP contribution in [0.25, 0.3) is 0 Å². The van der Waals surface area contributed by atoms with E-state index >= 15 is 0 Å². The number of nitrogens with one attached hydrogen (secondary N) is 3. The molecule has 186 valence electrons. The maximum atomic E-state index is 13.4. The van der Waals surface area contributed by atoms with E-state index in [1.165, 1.54) is 0 Å². The minimum absolute atomic E-state index is 0.224. The zero-order chi connectivity index (χ0) is 26.1. The van der Waals surface area contributed by atoms with Gasteiger partial charge in [-0.2, -0.15) is 0 Å². The van der Waals surface area contributed by atoms with E-state index in [4.69, 9.17) is 11.6 Å². The lowest BCUT2D eigenvalue weighted by molar-refractivity contribution is -0.112. The Kier molecular flexibility index (Phi) is 10.3. The van der Waals surface area contributed by atoms with E-state index in [1.807, 2.05) is 33.0 Å². The highest BCUT2D eigenvalue weighted by molar-refractivity contribution is 6.31. The van der Waals surface area contributed by atoms with E-state index in [2.05, 4.69) is 55.8 Å². The van der Waals surface area contributed by atoms with Crippen LogP contribution in [0.15, 0.2) is 77.5 Å². The number of carbonyl (C=O) groups excluding carboxylic acids is 2. The normalized spacial score (nSPS) is 12.7. The second-order valence-electron chi connectivity index (χ2n) is 8.99. The van der Waals surface area contributed by atoms with Crippen LogP contribution in [-0.4, -0.2) is 18.9 Å². The molecule has 0 aromatic heterocycles. The molecular weight excluding hydrogens is 458 g/mol. The van der Waals surface area contributed by atoms with Crippen LogP contribution in [-0.2, 0) is 4.79 Å². The zero-order valence-corrected chi connectivity index (χ0v) is 22.4. The van der Waals surface area contributed by atoms with Crippen molar-refractivity contribution in [2.75, 3.05) is 17.7 Å². The smallest absolute Gasteiger partial charge is 0.257 e. The molecule has 0 bridgehead atoms. The first kappa shape index (κ1) is 27.9. The second kappa shape index (κ2) is 13.0. The first-order valence-corrected chi connectivity index (χ1v) is 12.2. The van der Waals surface area contributed by atoms with Crippen molar-refractivity contribution in [2.24, 2.45) is 11.8 Å². The summed E-state index contributed by atoms with van der Waals surface area (Å²) < 4.78 is 0. The van der Waals surface area contributed by atoms with Gasteiger partial charge in [-0.3, -0.25) is 9.59 Å². The molecule has 0 radical (unpaired) electrons. The predicted octanol–water partition coefficient (Wildman–Crippen LogP) is 7.13. The standard InChI is InChI=1S/C29H36ClN3O2/c1-8-24(27(31-7)25(19(4)5)15-12-18(2)3)29(35)33-26-17-23(14-13-20(26)6)32-28(34)21-10-9-11-22(30)16-21/h8-19,31H,1-7H3,(H,32,34)(H,33,35)/b15-12-,24-8+,27-25+. The fourth-order valence-electron chi connectivity index (χ4n) is 3.54. The number of anilines is 2. The molecule has 2 aromatic rings. The molecule has 5 nitrogen and oxygen atoms in total. The van der Waals surface area contributed by atoms with Crippen LogP contribution in [0, 0.1) is 18.8 Å². The number of hydrogen-bond acceptors (Lipinski definition) is 3. The van der Waals surface area contributed by atoms with Gasteiger partial charge in [0.05, 0.1) is 5.57 Å². The van der Waals surface area contributed by atoms with Crippen molar-refractivity contribution in [3.8, 4) is 0 Å². The van der Waals surface area contributed by atoms with Crippen LogP contribution >= 0.6 is 11.6 Å². The molecule has 0 spiro atoms. The second-order valence-corrected chi connectivity index (χ2v) is 9.43. The van der Waals surface area contributed by atoms with E-state index in [-0.39, 0.29) is 17.7 Å². The molecule has 2 aromatic carbocycles. The Labute approximate surface area is 214 Å². The fourth-order valence-corrected chi connectivity index (χ4v) is 3.73. The molecule has 0 saturated heterocycles.